The molecule has 6 rings (SSSR count). The van der Waals surface area contributed by atoms with E-state index < -0.39 is 47.2 Å². The van der Waals surface area contributed by atoms with Crippen LogP contribution in [-0.2, 0) is 23.8 Å². The van der Waals surface area contributed by atoms with E-state index in [0.717, 1.165) is 19.3 Å². The molecule has 0 amide bonds. The molecule has 0 radical (unpaired) electrons. The third kappa shape index (κ3) is 4.34. The van der Waals surface area contributed by atoms with Crippen LogP contribution >= 0.6 is 0 Å². The Labute approximate surface area is 249 Å². The van der Waals surface area contributed by atoms with Gasteiger partial charge in [0.15, 0.2) is 5.79 Å². The molecule has 238 valence electrons. The van der Waals surface area contributed by atoms with Gasteiger partial charge in [-0.05, 0) is 106 Å². The van der Waals surface area contributed by atoms with Gasteiger partial charge in [-0.25, -0.2) is 0 Å². The fourth-order valence-electron chi connectivity index (χ4n) is 11.4. The Morgan fingerprint density at radius 1 is 0.929 bits per heavy atom. The zero-order valence-electron chi connectivity index (χ0n) is 26.2. The van der Waals surface area contributed by atoms with E-state index in [1.165, 1.54) is 0 Å². The van der Waals surface area contributed by atoms with Crippen LogP contribution in [0.5, 0.6) is 0 Å². The Morgan fingerprint density at radius 2 is 1.64 bits per heavy atom. The Bertz CT molecular complexity index is 1110. The van der Waals surface area contributed by atoms with E-state index in [2.05, 4.69) is 34.6 Å². The van der Waals surface area contributed by atoms with Crippen molar-refractivity contribution in [3.05, 3.63) is 0 Å². The van der Waals surface area contributed by atoms with Crippen molar-refractivity contribution < 1.29 is 44.2 Å². The summed E-state index contributed by atoms with van der Waals surface area (Å²) in [6.45, 7) is 12.7. The molecule has 4 N–H and O–H groups in total. The molecule has 0 aromatic rings. The van der Waals surface area contributed by atoms with Crippen LogP contribution in [-0.4, -0.2) is 73.8 Å². The third-order valence-electron chi connectivity index (χ3n) is 13.6. The first-order valence-electron chi connectivity index (χ1n) is 16.3. The molecular weight excluding hydrogens is 540 g/mol. The van der Waals surface area contributed by atoms with Crippen molar-refractivity contribution in [1.82, 2.24) is 0 Å². The van der Waals surface area contributed by atoms with E-state index in [9.17, 15) is 24.9 Å². The van der Waals surface area contributed by atoms with Crippen LogP contribution in [0.2, 0.25) is 0 Å². The molecule has 0 bridgehead atoms. The van der Waals surface area contributed by atoms with Crippen LogP contribution in [0.15, 0.2) is 0 Å². The number of fused-ring (bicyclic) bond motifs is 7. The van der Waals surface area contributed by atoms with Gasteiger partial charge in [0, 0.05) is 25.2 Å². The predicted molar refractivity (Wildman–Crippen MR) is 152 cm³/mol. The Hall–Kier alpha value is -1.26. The molecule has 4 aliphatic carbocycles. The number of carboxylic acids is 1. The summed E-state index contributed by atoms with van der Waals surface area (Å²) >= 11 is 0. The number of hydrogen-bond donors (Lipinski definition) is 4. The maximum absolute atomic E-state index is 12.6. The average Bonchev–Trinajstić information content (AvgIpc) is 3.36. The normalized spacial score (nSPS) is 54.1. The fraction of sp³-hybridized carbons (Fsp3) is 0.939. The summed E-state index contributed by atoms with van der Waals surface area (Å²) < 4.78 is 19.1. The third-order valence-corrected chi connectivity index (χ3v) is 13.6. The molecule has 42 heavy (non-hydrogen) atoms. The van der Waals surface area contributed by atoms with Crippen LogP contribution in [0.3, 0.4) is 0 Å². The van der Waals surface area contributed by atoms with Crippen molar-refractivity contribution in [2.45, 2.75) is 147 Å². The lowest BCUT2D eigenvalue weighted by atomic mass is 9.43. The van der Waals surface area contributed by atoms with Crippen LogP contribution in [0, 0.1) is 46.3 Å². The van der Waals surface area contributed by atoms with Gasteiger partial charge in [0.05, 0.1) is 23.9 Å². The summed E-state index contributed by atoms with van der Waals surface area (Å²) in [7, 11) is 0. The molecule has 2 saturated heterocycles. The lowest BCUT2D eigenvalue weighted by Crippen LogP contribution is -2.63. The highest BCUT2D eigenvalue weighted by Gasteiger charge is 2.77. The smallest absolute Gasteiger partial charge is 0.306 e. The number of aliphatic carboxylic acids is 1. The highest BCUT2D eigenvalue weighted by atomic mass is 16.7. The fourth-order valence-corrected chi connectivity index (χ4v) is 11.4. The van der Waals surface area contributed by atoms with Gasteiger partial charge in [-0.3, -0.25) is 9.59 Å². The summed E-state index contributed by atoms with van der Waals surface area (Å²) in [4.78, 5) is 23.4. The number of carbonyl (C=O) groups excluding carboxylic acids is 1. The van der Waals surface area contributed by atoms with Gasteiger partial charge in [0.1, 0.15) is 11.7 Å². The number of aliphatic hydroxyl groups is 3. The van der Waals surface area contributed by atoms with E-state index in [-0.39, 0.29) is 71.7 Å². The van der Waals surface area contributed by atoms with Crippen molar-refractivity contribution in [2.75, 3.05) is 0 Å². The molecule has 8 unspecified atom stereocenters. The van der Waals surface area contributed by atoms with Crippen LogP contribution in [0.1, 0.15) is 106 Å². The molecule has 6 fully saturated rings. The molecule has 9 nitrogen and oxygen atoms in total. The Balaban J connectivity index is 1.23. The summed E-state index contributed by atoms with van der Waals surface area (Å²) in [6.07, 6.45) is 2.92. The van der Waals surface area contributed by atoms with Crippen molar-refractivity contribution >= 4 is 11.9 Å². The van der Waals surface area contributed by atoms with Gasteiger partial charge in [-0.2, -0.15) is 0 Å². The molecule has 6 aliphatic rings. The van der Waals surface area contributed by atoms with Crippen LogP contribution in [0.4, 0.5) is 0 Å². The van der Waals surface area contributed by atoms with Crippen molar-refractivity contribution in [3.8, 4) is 0 Å². The van der Waals surface area contributed by atoms with E-state index in [4.69, 9.17) is 19.3 Å². The highest BCUT2D eigenvalue weighted by Crippen LogP contribution is 2.73. The first-order chi connectivity index (χ1) is 19.4. The minimum Gasteiger partial charge on any atom is -0.481 e. The van der Waals surface area contributed by atoms with Crippen molar-refractivity contribution in [2.24, 2.45) is 46.3 Å². The second kappa shape index (κ2) is 9.87. The summed E-state index contributed by atoms with van der Waals surface area (Å²) in [6, 6.07) is 0. The largest absolute Gasteiger partial charge is 0.481 e. The second-order valence-electron chi connectivity index (χ2n) is 16.2. The Kier molecular flexibility index (Phi) is 7.23. The number of rotatable bonds is 5. The van der Waals surface area contributed by atoms with Crippen molar-refractivity contribution in [1.29, 1.82) is 0 Å². The molecule has 2 aliphatic heterocycles. The minimum atomic E-state index is -1.19. The topological polar surface area (TPSA) is 143 Å². The summed E-state index contributed by atoms with van der Waals surface area (Å²) in [5, 5.41) is 44.2. The summed E-state index contributed by atoms with van der Waals surface area (Å²) in [5.41, 5.74) is -2.21. The van der Waals surface area contributed by atoms with E-state index in [1.54, 1.807) is 0 Å². The predicted octanol–water partition coefficient (Wildman–Crippen LogP) is 4.04. The van der Waals surface area contributed by atoms with E-state index >= 15 is 0 Å². The lowest BCUT2D eigenvalue weighted by molar-refractivity contribution is -0.300. The Morgan fingerprint density at radius 3 is 2.29 bits per heavy atom. The maximum atomic E-state index is 12.6. The number of carbonyl (C=O) groups is 2. The zero-order chi connectivity index (χ0) is 30.6. The van der Waals surface area contributed by atoms with Gasteiger partial charge in [0.2, 0.25) is 0 Å². The maximum Gasteiger partial charge on any atom is 0.306 e. The monoisotopic (exact) mass is 592 g/mol. The molecule has 14 atom stereocenters. The first-order valence-corrected chi connectivity index (χ1v) is 16.3. The number of hydrogen-bond acceptors (Lipinski definition) is 8. The minimum absolute atomic E-state index is 0.00513. The van der Waals surface area contributed by atoms with Crippen molar-refractivity contribution in [3.63, 3.8) is 0 Å². The molecule has 1 spiro atoms. The molecule has 4 saturated carbocycles. The lowest BCUT2D eigenvalue weighted by Gasteiger charge is -2.63. The number of carboxylic acid groups (broad SMARTS) is 1. The van der Waals surface area contributed by atoms with Crippen LogP contribution in [0.25, 0.3) is 0 Å². The van der Waals surface area contributed by atoms with E-state index in [1.807, 2.05) is 6.92 Å². The second-order valence-corrected chi connectivity index (χ2v) is 16.2. The quantitative estimate of drug-likeness (QED) is 0.348. The SMILES string of the molecule is C[C@H]1CC2(O[C@H]3CC4C5CCC6C[C@H](O)[C@H](OC(=O)CCCC(=O)O)C[C@]6(C)C5C(O)C[C@]4(C)C3C2(C)O)OC1(C)C. The van der Waals surface area contributed by atoms with Gasteiger partial charge in [-0.1, -0.05) is 20.8 Å². The first kappa shape index (κ1) is 30.8. The number of ether oxygens (including phenoxy) is 3. The molecular formula is C33H52O9. The number of esters is 1. The average molecular weight is 593 g/mol. The highest BCUT2D eigenvalue weighted by molar-refractivity contribution is 5.71. The van der Waals surface area contributed by atoms with E-state index in [0.29, 0.717) is 25.7 Å². The standard InChI is InChI=1S/C33H52O9/c1-17-14-33(42-29(17,2)3)32(6,39)28-23(41-33)13-20-19-11-10-18-12-21(34)24(40-26(38)9-7-8-25(36)37)16-30(18,4)27(19)22(35)15-31(20,28)5/h17-24,27-28,34-35,39H,7-16H2,1-6H3,(H,36,37)/t17-,18?,19?,20?,21-,22?,23-,24+,27?,28?,30-,31-,32?,33?/m0/s1. The van der Waals surface area contributed by atoms with Crippen LogP contribution < -0.4 is 0 Å². The van der Waals surface area contributed by atoms with Gasteiger partial charge >= 0.3 is 11.9 Å². The molecule has 2 heterocycles. The molecule has 0 aromatic heterocycles. The van der Waals surface area contributed by atoms with Gasteiger partial charge in [-0.15, -0.1) is 0 Å². The van der Waals surface area contributed by atoms with Gasteiger partial charge in [0.25, 0.3) is 0 Å². The summed E-state index contributed by atoms with van der Waals surface area (Å²) in [5.74, 6) is -1.64. The molecule has 0 aromatic carbocycles. The number of aliphatic hydroxyl groups excluding tert-OH is 2. The zero-order valence-corrected chi connectivity index (χ0v) is 26.2. The molecule has 9 heteroatoms. The van der Waals surface area contributed by atoms with Gasteiger partial charge < -0.3 is 34.6 Å².